The van der Waals surface area contributed by atoms with Gasteiger partial charge in [-0.2, -0.15) is 0 Å². The molecular formula is C26H26N4O4S. The van der Waals surface area contributed by atoms with Crippen LogP contribution in [0.1, 0.15) is 50.8 Å². The maximum Gasteiger partial charge on any atom is 0.269 e. The van der Waals surface area contributed by atoms with E-state index in [2.05, 4.69) is 28.4 Å². The second kappa shape index (κ2) is 12.9. The third-order valence-electron chi connectivity index (χ3n) is 4.84. The van der Waals surface area contributed by atoms with Crippen molar-refractivity contribution in [3.63, 3.8) is 0 Å². The molecule has 0 aliphatic heterocycles. The number of hydrogen-bond acceptors (Lipinski definition) is 5. The molecule has 180 valence electrons. The molecule has 3 aromatic carbocycles. The zero-order valence-corrected chi connectivity index (χ0v) is 20.0. The minimum absolute atomic E-state index is 0.0571. The summed E-state index contributed by atoms with van der Waals surface area (Å²) in [7, 11) is 0. The highest BCUT2D eigenvalue weighted by Crippen LogP contribution is 2.13. The number of carbonyl (C=O) groups is 3. The van der Waals surface area contributed by atoms with Gasteiger partial charge in [0, 0.05) is 22.4 Å². The number of amides is 3. The SMILES string of the molecule is CCCCOc1ccc(C(=O)NC(=S)NNC(=O)c2ccc(NC(=O)c3ccccc3)cc2)cc1. The number of unbranched alkanes of at least 4 members (excludes halogenated alkanes) is 1. The molecule has 0 aromatic heterocycles. The molecule has 4 N–H and O–H groups in total. The van der Waals surface area contributed by atoms with Crippen LogP contribution in [0.5, 0.6) is 5.75 Å². The Labute approximate surface area is 209 Å². The summed E-state index contributed by atoms with van der Waals surface area (Å²) in [5.41, 5.74) is 6.75. The number of ether oxygens (including phenoxy) is 1. The first kappa shape index (κ1) is 25.4. The summed E-state index contributed by atoms with van der Waals surface area (Å²) >= 11 is 5.08. The van der Waals surface area contributed by atoms with Gasteiger partial charge in [-0.05, 0) is 79.3 Å². The Balaban J connectivity index is 1.44. The first-order valence-corrected chi connectivity index (χ1v) is 11.5. The number of rotatable bonds is 8. The fourth-order valence-electron chi connectivity index (χ4n) is 2.93. The van der Waals surface area contributed by atoms with E-state index in [1.165, 1.54) is 0 Å². The molecule has 0 saturated carbocycles. The van der Waals surface area contributed by atoms with Crippen molar-refractivity contribution in [1.82, 2.24) is 16.2 Å². The average molecular weight is 491 g/mol. The largest absolute Gasteiger partial charge is 0.494 e. The summed E-state index contributed by atoms with van der Waals surface area (Å²) in [6.45, 7) is 2.71. The van der Waals surface area contributed by atoms with E-state index in [1.54, 1.807) is 72.8 Å². The van der Waals surface area contributed by atoms with Gasteiger partial charge in [0.1, 0.15) is 5.75 Å². The van der Waals surface area contributed by atoms with Crippen LogP contribution in [-0.4, -0.2) is 29.4 Å². The van der Waals surface area contributed by atoms with Gasteiger partial charge in [0.2, 0.25) is 0 Å². The van der Waals surface area contributed by atoms with Crippen molar-refractivity contribution in [2.75, 3.05) is 11.9 Å². The Morgan fingerprint density at radius 2 is 1.34 bits per heavy atom. The molecule has 8 nitrogen and oxygen atoms in total. The Kier molecular flexibility index (Phi) is 9.32. The van der Waals surface area contributed by atoms with Crippen LogP contribution in [0.25, 0.3) is 0 Å². The van der Waals surface area contributed by atoms with Crippen LogP contribution in [0.15, 0.2) is 78.9 Å². The number of benzene rings is 3. The summed E-state index contributed by atoms with van der Waals surface area (Å²) in [6.07, 6.45) is 2.00. The van der Waals surface area contributed by atoms with E-state index in [1.807, 2.05) is 6.07 Å². The van der Waals surface area contributed by atoms with Gasteiger partial charge in [0.15, 0.2) is 5.11 Å². The number of thiocarbonyl (C=S) groups is 1. The zero-order chi connectivity index (χ0) is 25.0. The predicted molar refractivity (Wildman–Crippen MR) is 138 cm³/mol. The summed E-state index contributed by atoms with van der Waals surface area (Å²) < 4.78 is 5.58. The second-order valence-electron chi connectivity index (χ2n) is 7.49. The molecule has 0 fully saturated rings. The molecule has 0 aliphatic rings. The number of anilines is 1. The normalized spacial score (nSPS) is 10.1. The summed E-state index contributed by atoms with van der Waals surface area (Å²) in [6, 6.07) is 21.9. The van der Waals surface area contributed by atoms with E-state index in [4.69, 9.17) is 17.0 Å². The monoisotopic (exact) mass is 490 g/mol. The Morgan fingerprint density at radius 3 is 2.00 bits per heavy atom. The molecule has 9 heteroatoms. The summed E-state index contributed by atoms with van der Waals surface area (Å²) in [5.74, 6) is -0.440. The van der Waals surface area contributed by atoms with E-state index in [9.17, 15) is 14.4 Å². The summed E-state index contributed by atoms with van der Waals surface area (Å²) in [4.78, 5) is 36.9. The lowest BCUT2D eigenvalue weighted by Crippen LogP contribution is -2.48. The van der Waals surface area contributed by atoms with Crippen LogP contribution in [0.4, 0.5) is 5.69 Å². The Morgan fingerprint density at radius 1 is 0.743 bits per heavy atom. The molecule has 3 aromatic rings. The lowest BCUT2D eigenvalue weighted by Gasteiger charge is -2.12. The van der Waals surface area contributed by atoms with Crippen molar-refractivity contribution >= 4 is 40.7 Å². The lowest BCUT2D eigenvalue weighted by atomic mass is 10.1. The first-order chi connectivity index (χ1) is 17.0. The molecule has 0 spiro atoms. The molecule has 0 bridgehead atoms. The molecule has 0 saturated heterocycles. The topological polar surface area (TPSA) is 109 Å². The van der Waals surface area contributed by atoms with E-state index in [0.29, 0.717) is 34.7 Å². The number of nitrogens with one attached hydrogen (secondary N) is 4. The van der Waals surface area contributed by atoms with Crippen LogP contribution in [0.2, 0.25) is 0 Å². The van der Waals surface area contributed by atoms with Gasteiger partial charge in [0.25, 0.3) is 17.7 Å². The molecule has 35 heavy (non-hydrogen) atoms. The van der Waals surface area contributed by atoms with Gasteiger partial charge in [0.05, 0.1) is 6.61 Å². The molecule has 3 rings (SSSR count). The van der Waals surface area contributed by atoms with Crippen LogP contribution in [0, 0.1) is 0 Å². The minimum Gasteiger partial charge on any atom is -0.494 e. The van der Waals surface area contributed by atoms with Gasteiger partial charge >= 0.3 is 0 Å². The molecule has 0 radical (unpaired) electrons. The van der Waals surface area contributed by atoms with Crippen molar-refractivity contribution in [1.29, 1.82) is 0 Å². The predicted octanol–water partition coefficient (Wildman–Crippen LogP) is 4.07. The lowest BCUT2D eigenvalue weighted by molar-refractivity contribution is 0.0934. The molecule has 3 amide bonds. The summed E-state index contributed by atoms with van der Waals surface area (Å²) in [5, 5.41) is 5.21. The molecule has 0 atom stereocenters. The van der Waals surface area contributed by atoms with Gasteiger partial charge in [-0.3, -0.25) is 30.6 Å². The highest BCUT2D eigenvalue weighted by Gasteiger charge is 2.11. The quantitative estimate of drug-likeness (QED) is 0.215. The van der Waals surface area contributed by atoms with Crippen molar-refractivity contribution in [3.05, 3.63) is 95.6 Å². The van der Waals surface area contributed by atoms with Crippen molar-refractivity contribution in [2.45, 2.75) is 19.8 Å². The van der Waals surface area contributed by atoms with Gasteiger partial charge in [-0.1, -0.05) is 31.5 Å². The van der Waals surface area contributed by atoms with E-state index in [0.717, 1.165) is 12.8 Å². The minimum atomic E-state index is -0.462. The number of hydrazine groups is 1. The fraction of sp³-hybridized carbons (Fsp3) is 0.154. The third kappa shape index (κ3) is 7.94. The molecule has 0 unspecified atom stereocenters. The zero-order valence-electron chi connectivity index (χ0n) is 19.2. The maximum atomic E-state index is 12.4. The third-order valence-corrected chi connectivity index (χ3v) is 5.04. The van der Waals surface area contributed by atoms with Crippen LogP contribution >= 0.6 is 12.2 Å². The molecular weight excluding hydrogens is 464 g/mol. The van der Waals surface area contributed by atoms with Crippen LogP contribution in [0.3, 0.4) is 0 Å². The highest BCUT2D eigenvalue weighted by molar-refractivity contribution is 7.80. The van der Waals surface area contributed by atoms with E-state index < -0.39 is 11.8 Å². The average Bonchev–Trinajstić information content (AvgIpc) is 2.88. The molecule has 0 aliphatic carbocycles. The van der Waals surface area contributed by atoms with E-state index in [-0.39, 0.29) is 11.0 Å². The first-order valence-electron chi connectivity index (χ1n) is 11.1. The fourth-order valence-corrected chi connectivity index (χ4v) is 3.07. The van der Waals surface area contributed by atoms with Crippen molar-refractivity contribution in [2.24, 2.45) is 0 Å². The van der Waals surface area contributed by atoms with Gasteiger partial charge in [-0.25, -0.2) is 0 Å². The van der Waals surface area contributed by atoms with Gasteiger partial charge in [-0.15, -0.1) is 0 Å². The van der Waals surface area contributed by atoms with E-state index >= 15 is 0 Å². The van der Waals surface area contributed by atoms with Gasteiger partial charge < -0.3 is 10.1 Å². The van der Waals surface area contributed by atoms with Crippen LogP contribution < -0.4 is 26.2 Å². The highest BCUT2D eigenvalue weighted by atomic mass is 32.1. The standard InChI is InChI=1S/C26H26N4O4S/c1-2-3-17-34-22-15-11-19(12-16-22)24(32)28-26(35)30-29-25(33)20-9-13-21(14-10-20)27-23(31)18-7-5-4-6-8-18/h4-16H,2-3,17H2,1H3,(H,27,31)(H,29,33)(H2,28,30,32,35). The smallest absolute Gasteiger partial charge is 0.269 e. The second-order valence-corrected chi connectivity index (χ2v) is 7.89. The Bertz CT molecular complexity index is 1170. The van der Waals surface area contributed by atoms with Crippen LogP contribution in [-0.2, 0) is 0 Å². The maximum absolute atomic E-state index is 12.4. The van der Waals surface area contributed by atoms with Crippen molar-refractivity contribution < 1.29 is 19.1 Å². The molecule has 0 heterocycles. The number of carbonyl (C=O) groups excluding carboxylic acids is 3. The Hall–Kier alpha value is -4.24. The number of hydrogen-bond donors (Lipinski definition) is 4. The van der Waals surface area contributed by atoms with Crippen molar-refractivity contribution in [3.8, 4) is 5.75 Å².